The van der Waals surface area contributed by atoms with E-state index in [4.69, 9.17) is 21.6 Å². The van der Waals surface area contributed by atoms with Crippen molar-refractivity contribution >= 4 is 11.6 Å². The maximum atomic E-state index is 13.5. The third kappa shape index (κ3) is 3.01. The lowest BCUT2D eigenvalue weighted by atomic mass is 10.1. The molecule has 0 heterocycles. The fourth-order valence-electron chi connectivity index (χ4n) is 1.51. The van der Waals surface area contributed by atoms with Crippen LogP contribution in [0.4, 0.5) is 8.78 Å². The molecule has 0 unspecified atom stereocenters. The van der Waals surface area contributed by atoms with E-state index in [1.165, 1.54) is 36.4 Å². The molecular weight excluding hydrogens is 272 g/mol. The summed E-state index contributed by atoms with van der Waals surface area (Å²) in [4.78, 5) is 0. The van der Waals surface area contributed by atoms with Gasteiger partial charge in [0.25, 0.3) is 0 Å². The zero-order valence-corrected chi connectivity index (χ0v) is 10.4. The van der Waals surface area contributed by atoms with Crippen molar-refractivity contribution in [1.82, 2.24) is 0 Å². The van der Waals surface area contributed by atoms with Gasteiger partial charge < -0.3 is 4.74 Å². The molecule has 2 aromatic carbocycles. The fraction of sp³-hybridized carbons (Fsp3) is 0.0714. The summed E-state index contributed by atoms with van der Waals surface area (Å²) < 4.78 is 32.2. The van der Waals surface area contributed by atoms with Gasteiger partial charge in [-0.2, -0.15) is 5.26 Å². The average Bonchev–Trinajstić information content (AvgIpc) is 2.42. The van der Waals surface area contributed by atoms with E-state index in [-0.39, 0.29) is 22.9 Å². The van der Waals surface area contributed by atoms with Gasteiger partial charge in [-0.05, 0) is 30.3 Å². The molecule has 0 N–H and O–H groups in total. The summed E-state index contributed by atoms with van der Waals surface area (Å²) in [6.07, 6.45) is 0. The molecule has 19 heavy (non-hydrogen) atoms. The first-order valence-corrected chi connectivity index (χ1v) is 5.75. The lowest BCUT2D eigenvalue weighted by Gasteiger charge is -2.09. The molecular formula is C14H8ClF2NO. The van der Waals surface area contributed by atoms with Crippen LogP contribution in [-0.2, 0) is 6.61 Å². The van der Waals surface area contributed by atoms with E-state index in [0.29, 0.717) is 5.56 Å². The summed E-state index contributed by atoms with van der Waals surface area (Å²) in [5.41, 5.74) is 0.491. The molecule has 0 atom stereocenters. The second-order valence-corrected chi connectivity index (χ2v) is 4.17. The SMILES string of the molecule is N#Cc1ccc(F)c(COc2cccc(Cl)c2F)c1. The summed E-state index contributed by atoms with van der Waals surface area (Å²) in [6, 6.07) is 10.1. The van der Waals surface area contributed by atoms with Crippen molar-refractivity contribution in [2.75, 3.05) is 0 Å². The highest BCUT2D eigenvalue weighted by atomic mass is 35.5. The van der Waals surface area contributed by atoms with Crippen LogP contribution in [-0.4, -0.2) is 0 Å². The molecule has 0 aromatic heterocycles. The molecule has 2 nitrogen and oxygen atoms in total. The number of ether oxygens (including phenoxy) is 1. The van der Waals surface area contributed by atoms with Crippen molar-refractivity contribution in [3.05, 3.63) is 64.2 Å². The van der Waals surface area contributed by atoms with Gasteiger partial charge >= 0.3 is 0 Å². The van der Waals surface area contributed by atoms with E-state index >= 15 is 0 Å². The predicted molar refractivity (Wildman–Crippen MR) is 66.9 cm³/mol. The van der Waals surface area contributed by atoms with Crippen LogP contribution in [0.1, 0.15) is 11.1 Å². The fourth-order valence-corrected chi connectivity index (χ4v) is 1.67. The summed E-state index contributed by atoms with van der Waals surface area (Å²) in [6.45, 7) is -0.182. The Kier molecular flexibility index (Phi) is 3.98. The number of hydrogen-bond acceptors (Lipinski definition) is 2. The van der Waals surface area contributed by atoms with Crippen LogP contribution in [0.25, 0.3) is 0 Å². The lowest BCUT2D eigenvalue weighted by molar-refractivity contribution is 0.285. The van der Waals surface area contributed by atoms with E-state index in [9.17, 15) is 8.78 Å². The van der Waals surface area contributed by atoms with Gasteiger partial charge in [-0.1, -0.05) is 17.7 Å². The Morgan fingerprint density at radius 2 is 2.00 bits per heavy atom. The maximum Gasteiger partial charge on any atom is 0.183 e. The monoisotopic (exact) mass is 279 g/mol. The van der Waals surface area contributed by atoms with E-state index in [1.807, 2.05) is 6.07 Å². The summed E-state index contributed by atoms with van der Waals surface area (Å²) in [5, 5.41) is 8.66. The third-order valence-electron chi connectivity index (χ3n) is 2.47. The second kappa shape index (κ2) is 5.68. The quantitative estimate of drug-likeness (QED) is 0.848. The highest BCUT2D eigenvalue weighted by Gasteiger charge is 2.09. The first kappa shape index (κ1) is 13.3. The van der Waals surface area contributed by atoms with Crippen LogP contribution in [0, 0.1) is 23.0 Å². The second-order valence-electron chi connectivity index (χ2n) is 3.76. The predicted octanol–water partition coefficient (Wildman–Crippen LogP) is 4.07. The van der Waals surface area contributed by atoms with Crippen molar-refractivity contribution in [1.29, 1.82) is 5.26 Å². The van der Waals surface area contributed by atoms with Crippen LogP contribution in [0.3, 0.4) is 0 Å². The molecule has 0 bridgehead atoms. The molecule has 2 aromatic rings. The van der Waals surface area contributed by atoms with E-state index in [2.05, 4.69) is 0 Å². The topological polar surface area (TPSA) is 33.0 Å². The molecule has 0 saturated carbocycles. The number of nitriles is 1. The van der Waals surface area contributed by atoms with Crippen LogP contribution >= 0.6 is 11.6 Å². The van der Waals surface area contributed by atoms with Crippen molar-refractivity contribution in [3.8, 4) is 11.8 Å². The van der Waals surface area contributed by atoms with Crippen molar-refractivity contribution in [3.63, 3.8) is 0 Å². The van der Waals surface area contributed by atoms with Crippen LogP contribution in [0.5, 0.6) is 5.75 Å². The zero-order chi connectivity index (χ0) is 13.8. The first-order chi connectivity index (χ1) is 9.11. The molecule has 0 saturated heterocycles. The van der Waals surface area contributed by atoms with Crippen LogP contribution < -0.4 is 4.74 Å². The molecule has 0 amide bonds. The van der Waals surface area contributed by atoms with Gasteiger partial charge in [0.05, 0.1) is 16.7 Å². The molecule has 0 spiro atoms. The number of hydrogen-bond donors (Lipinski definition) is 0. The number of nitrogens with zero attached hydrogens (tertiary/aromatic N) is 1. The number of rotatable bonds is 3. The normalized spacial score (nSPS) is 10.0. The van der Waals surface area contributed by atoms with E-state index < -0.39 is 11.6 Å². The summed E-state index contributed by atoms with van der Waals surface area (Å²) >= 11 is 5.60. The van der Waals surface area contributed by atoms with Crippen molar-refractivity contribution < 1.29 is 13.5 Å². The molecule has 2 rings (SSSR count). The van der Waals surface area contributed by atoms with Gasteiger partial charge in [-0.15, -0.1) is 0 Å². The molecule has 0 fully saturated rings. The first-order valence-electron chi connectivity index (χ1n) is 5.37. The third-order valence-corrected chi connectivity index (χ3v) is 2.77. The van der Waals surface area contributed by atoms with Gasteiger partial charge in [0.15, 0.2) is 11.6 Å². The Morgan fingerprint density at radius 3 is 2.74 bits per heavy atom. The minimum Gasteiger partial charge on any atom is -0.486 e. The van der Waals surface area contributed by atoms with E-state index in [0.717, 1.165) is 0 Å². The lowest BCUT2D eigenvalue weighted by Crippen LogP contribution is -2.00. The largest absolute Gasteiger partial charge is 0.486 e. The Balaban J connectivity index is 2.19. The van der Waals surface area contributed by atoms with Gasteiger partial charge in [-0.3, -0.25) is 0 Å². The summed E-state index contributed by atoms with van der Waals surface area (Å²) in [5.74, 6) is -1.27. The Morgan fingerprint density at radius 1 is 1.21 bits per heavy atom. The van der Waals surface area contributed by atoms with Crippen molar-refractivity contribution in [2.45, 2.75) is 6.61 Å². The maximum absolute atomic E-state index is 13.5. The molecule has 0 radical (unpaired) electrons. The standard InChI is InChI=1S/C14H8ClF2NO/c15-11-2-1-3-13(14(11)17)19-8-10-6-9(7-18)4-5-12(10)16/h1-6H,8H2. The van der Waals surface area contributed by atoms with Gasteiger partial charge in [-0.25, -0.2) is 8.78 Å². The van der Waals surface area contributed by atoms with Gasteiger partial charge in [0.2, 0.25) is 0 Å². The Labute approximate surface area is 113 Å². The Hall–Kier alpha value is -2.12. The molecule has 96 valence electrons. The van der Waals surface area contributed by atoms with Gasteiger partial charge in [0, 0.05) is 5.56 Å². The summed E-state index contributed by atoms with van der Waals surface area (Å²) in [7, 11) is 0. The minimum atomic E-state index is -0.694. The minimum absolute atomic E-state index is 0.0609. The molecule has 0 aliphatic carbocycles. The smallest absolute Gasteiger partial charge is 0.183 e. The molecule has 0 aliphatic heterocycles. The Bertz CT molecular complexity index is 652. The zero-order valence-electron chi connectivity index (χ0n) is 9.66. The number of benzene rings is 2. The van der Waals surface area contributed by atoms with E-state index in [1.54, 1.807) is 0 Å². The van der Waals surface area contributed by atoms with Crippen LogP contribution in [0.2, 0.25) is 5.02 Å². The highest BCUT2D eigenvalue weighted by molar-refractivity contribution is 6.30. The molecule has 5 heteroatoms. The highest BCUT2D eigenvalue weighted by Crippen LogP contribution is 2.25. The number of halogens is 3. The van der Waals surface area contributed by atoms with Gasteiger partial charge in [0.1, 0.15) is 12.4 Å². The van der Waals surface area contributed by atoms with Crippen LogP contribution in [0.15, 0.2) is 36.4 Å². The van der Waals surface area contributed by atoms with Crippen molar-refractivity contribution in [2.24, 2.45) is 0 Å². The average molecular weight is 280 g/mol. The molecule has 0 aliphatic rings.